The fourth-order valence-corrected chi connectivity index (χ4v) is 3.41. The smallest absolute Gasteiger partial charge is 0.188 e. The Bertz CT molecular complexity index is 1060. The van der Waals surface area contributed by atoms with Crippen LogP contribution in [0.15, 0.2) is 54.2 Å². The molecule has 3 aromatic heterocycles. The lowest BCUT2D eigenvalue weighted by atomic mass is 10.1. The van der Waals surface area contributed by atoms with Gasteiger partial charge in [-0.3, -0.25) is 4.98 Å². The van der Waals surface area contributed by atoms with Gasteiger partial charge in [0.25, 0.3) is 0 Å². The molecule has 0 radical (unpaired) electrons. The van der Waals surface area contributed by atoms with Crippen LogP contribution in [0.1, 0.15) is 4.88 Å². The minimum absolute atomic E-state index is 0.0437. The first kappa shape index (κ1) is 17.5. The van der Waals surface area contributed by atoms with Crippen LogP contribution in [0.5, 0.6) is 5.75 Å². The zero-order valence-electron chi connectivity index (χ0n) is 14.6. The van der Waals surface area contributed by atoms with E-state index >= 15 is 0 Å². The van der Waals surface area contributed by atoms with E-state index in [1.54, 1.807) is 19.5 Å². The van der Waals surface area contributed by atoms with Crippen LogP contribution in [0.2, 0.25) is 0 Å². The molecule has 4 rings (SSSR count). The lowest BCUT2D eigenvalue weighted by molar-refractivity contribution is 0.0511. The summed E-state index contributed by atoms with van der Waals surface area (Å²) in [6, 6.07) is 11.5. The summed E-state index contributed by atoms with van der Waals surface area (Å²) in [6.45, 7) is 0.253. The van der Waals surface area contributed by atoms with Gasteiger partial charge in [-0.05, 0) is 47.3 Å². The molecule has 0 aliphatic heterocycles. The number of ether oxygens (including phenoxy) is 2. The van der Waals surface area contributed by atoms with Crippen molar-refractivity contribution in [3.05, 3.63) is 59.0 Å². The quantitative estimate of drug-likeness (QED) is 0.512. The number of aliphatic hydroxyl groups excluding tert-OH is 1. The van der Waals surface area contributed by atoms with E-state index in [4.69, 9.17) is 9.47 Å². The molecule has 0 aliphatic rings. The minimum Gasteiger partial charge on any atom is -0.468 e. The fraction of sp³-hybridized carbons (Fsp3) is 0.150. The number of fused-ring (bicyclic) bond motifs is 1. The van der Waals surface area contributed by atoms with Crippen LogP contribution in [-0.4, -0.2) is 34.0 Å². The zero-order chi connectivity index (χ0) is 18.6. The molecular weight excluding hydrogens is 362 g/mol. The molecule has 0 saturated heterocycles. The number of rotatable bonds is 6. The first-order valence-electron chi connectivity index (χ1n) is 8.30. The lowest BCUT2D eigenvalue weighted by Crippen LogP contribution is -1.98. The third kappa shape index (κ3) is 3.80. The third-order valence-electron chi connectivity index (χ3n) is 4.03. The lowest BCUT2D eigenvalue weighted by Gasteiger charge is -2.06. The van der Waals surface area contributed by atoms with E-state index < -0.39 is 0 Å². The van der Waals surface area contributed by atoms with Gasteiger partial charge in [0.15, 0.2) is 12.6 Å². The summed E-state index contributed by atoms with van der Waals surface area (Å²) in [5.74, 6) is 1.35. The molecular formula is C20H17N3O3S. The number of hydrogen-bond acceptors (Lipinski definition) is 7. The molecule has 136 valence electrons. The Labute approximate surface area is 160 Å². The van der Waals surface area contributed by atoms with E-state index in [1.807, 2.05) is 41.8 Å². The topological polar surface area (TPSA) is 77.4 Å². The Kier molecular flexibility index (Phi) is 5.06. The van der Waals surface area contributed by atoms with Crippen molar-refractivity contribution >= 4 is 22.4 Å². The average molecular weight is 379 g/mol. The Morgan fingerprint density at radius 3 is 2.56 bits per heavy atom. The minimum atomic E-state index is 0.0437. The Hall–Kier alpha value is -2.87. The first-order valence-corrected chi connectivity index (χ1v) is 9.18. The highest BCUT2D eigenvalue weighted by atomic mass is 32.1. The predicted octanol–water partition coefficient (Wildman–Crippen LogP) is 3.90. The van der Waals surface area contributed by atoms with Gasteiger partial charge in [-0.2, -0.15) is 0 Å². The first-order chi connectivity index (χ1) is 13.3. The molecule has 6 nitrogen and oxygen atoms in total. The molecule has 0 amide bonds. The highest BCUT2D eigenvalue weighted by Crippen LogP contribution is 2.28. The summed E-state index contributed by atoms with van der Waals surface area (Å²) in [4.78, 5) is 14.5. The molecule has 0 atom stereocenters. The molecule has 0 spiro atoms. The molecule has 3 heterocycles. The molecule has 0 saturated carbocycles. The van der Waals surface area contributed by atoms with Crippen LogP contribution in [0.4, 0.5) is 0 Å². The number of benzene rings is 1. The second-order valence-corrected chi connectivity index (χ2v) is 6.85. The molecule has 0 fully saturated rings. The maximum absolute atomic E-state index is 9.26. The van der Waals surface area contributed by atoms with Gasteiger partial charge in [-0.15, -0.1) is 11.3 Å². The van der Waals surface area contributed by atoms with Crippen molar-refractivity contribution in [1.82, 2.24) is 15.0 Å². The predicted molar refractivity (Wildman–Crippen MR) is 105 cm³/mol. The van der Waals surface area contributed by atoms with Crippen molar-refractivity contribution in [3.63, 3.8) is 0 Å². The molecule has 1 N–H and O–H groups in total. The number of hydrogen-bond donors (Lipinski definition) is 1. The highest BCUT2D eigenvalue weighted by molar-refractivity contribution is 7.10. The van der Waals surface area contributed by atoms with Crippen LogP contribution in [0.3, 0.4) is 0 Å². The Morgan fingerprint density at radius 2 is 1.81 bits per heavy atom. The van der Waals surface area contributed by atoms with E-state index in [0.717, 1.165) is 38.4 Å². The van der Waals surface area contributed by atoms with Crippen molar-refractivity contribution in [2.24, 2.45) is 0 Å². The van der Waals surface area contributed by atoms with Gasteiger partial charge in [0.2, 0.25) is 0 Å². The SMILES string of the molecule is COCOc1ccc(-c2ncc3ncc(-c4csc(CO)c4)cc3n2)cc1. The standard InChI is InChI=1S/C20H17N3O3S/c1-25-12-26-16-4-2-13(3-5-16)20-22-9-19-18(23-20)7-14(8-21-19)15-6-17(10-24)27-11-15/h2-9,11,24H,10,12H2,1H3. The third-order valence-corrected chi connectivity index (χ3v) is 4.95. The van der Waals surface area contributed by atoms with Crippen LogP contribution in [0.25, 0.3) is 33.5 Å². The molecule has 27 heavy (non-hydrogen) atoms. The highest BCUT2D eigenvalue weighted by Gasteiger charge is 2.08. The number of methoxy groups -OCH3 is 1. The van der Waals surface area contributed by atoms with Crippen LogP contribution >= 0.6 is 11.3 Å². The number of aliphatic hydroxyl groups is 1. The number of aromatic nitrogens is 3. The summed E-state index contributed by atoms with van der Waals surface area (Å²) in [6.07, 6.45) is 3.53. The van der Waals surface area contributed by atoms with Gasteiger partial charge in [0.1, 0.15) is 11.3 Å². The molecule has 0 bridgehead atoms. The van der Waals surface area contributed by atoms with Gasteiger partial charge in [-0.1, -0.05) is 0 Å². The zero-order valence-corrected chi connectivity index (χ0v) is 15.4. The maximum Gasteiger partial charge on any atom is 0.188 e. The average Bonchev–Trinajstić information content (AvgIpc) is 3.21. The van der Waals surface area contributed by atoms with Gasteiger partial charge in [0, 0.05) is 29.3 Å². The van der Waals surface area contributed by atoms with Crippen LogP contribution in [0, 0.1) is 0 Å². The molecule has 1 aromatic carbocycles. The summed E-state index contributed by atoms with van der Waals surface area (Å²) in [5, 5.41) is 11.3. The summed E-state index contributed by atoms with van der Waals surface area (Å²) in [7, 11) is 1.58. The van der Waals surface area contributed by atoms with E-state index in [2.05, 4.69) is 15.0 Å². The number of thiophene rings is 1. The Balaban J connectivity index is 1.66. The summed E-state index contributed by atoms with van der Waals surface area (Å²) >= 11 is 1.53. The Morgan fingerprint density at radius 1 is 0.963 bits per heavy atom. The molecule has 0 unspecified atom stereocenters. The monoisotopic (exact) mass is 379 g/mol. The van der Waals surface area contributed by atoms with Gasteiger partial charge in [0.05, 0.1) is 18.3 Å². The van der Waals surface area contributed by atoms with E-state index in [9.17, 15) is 5.11 Å². The summed E-state index contributed by atoms with van der Waals surface area (Å²) < 4.78 is 10.3. The largest absolute Gasteiger partial charge is 0.468 e. The van der Waals surface area contributed by atoms with Crippen molar-refractivity contribution in [2.75, 3.05) is 13.9 Å². The van der Waals surface area contributed by atoms with Crippen LogP contribution in [-0.2, 0) is 11.3 Å². The number of nitrogens with zero attached hydrogens (tertiary/aromatic N) is 3. The second-order valence-electron chi connectivity index (χ2n) is 5.86. The normalized spacial score (nSPS) is 11.0. The van der Waals surface area contributed by atoms with Crippen molar-refractivity contribution in [3.8, 4) is 28.3 Å². The molecule has 7 heteroatoms. The molecule has 0 aliphatic carbocycles. The second kappa shape index (κ2) is 7.79. The van der Waals surface area contributed by atoms with Crippen molar-refractivity contribution < 1.29 is 14.6 Å². The van der Waals surface area contributed by atoms with Crippen molar-refractivity contribution in [2.45, 2.75) is 6.61 Å². The van der Waals surface area contributed by atoms with Gasteiger partial charge < -0.3 is 14.6 Å². The van der Waals surface area contributed by atoms with E-state index in [-0.39, 0.29) is 13.4 Å². The number of pyridine rings is 1. The van der Waals surface area contributed by atoms with E-state index in [1.165, 1.54) is 11.3 Å². The van der Waals surface area contributed by atoms with Crippen LogP contribution < -0.4 is 4.74 Å². The van der Waals surface area contributed by atoms with Crippen molar-refractivity contribution in [1.29, 1.82) is 0 Å². The maximum atomic E-state index is 9.26. The van der Waals surface area contributed by atoms with Gasteiger partial charge in [-0.25, -0.2) is 9.97 Å². The van der Waals surface area contributed by atoms with Gasteiger partial charge >= 0.3 is 0 Å². The fourth-order valence-electron chi connectivity index (χ4n) is 2.66. The summed E-state index contributed by atoms with van der Waals surface area (Å²) in [5.41, 5.74) is 4.39. The molecule has 4 aromatic rings. The van der Waals surface area contributed by atoms with E-state index in [0.29, 0.717) is 5.82 Å².